The summed E-state index contributed by atoms with van der Waals surface area (Å²) in [5, 5.41) is 19.5. The SMILES string of the molecule is CN(CC1CC(O)C1)c1cc(C#N)c2ccccc2n1. The van der Waals surface area contributed by atoms with Crippen LogP contribution in [0.5, 0.6) is 0 Å². The van der Waals surface area contributed by atoms with Gasteiger partial charge in [-0.2, -0.15) is 5.26 Å². The predicted octanol–water partition coefficient (Wildman–Crippen LogP) is 2.31. The highest BCUT2D eigenvalue weighted by Crippen LogP contribution is 2.29. The molecule has 20 heavy (non-hydrogen) atoms. The Bertz CT molecular complexity index is 671. The fourth-order valence-corrected chi connectivity index (χ4v) is 2.78. The summed E-state index contributed by atoms with van der Waals surface area (Å²) < 4.78 is 0. The quantitative estimate of drug-likeness (QED) is 0.927. The highest BCUT2D eigenvalue weighted by atomic mass is 16.3. The van der Waals surface area contributed by atoms with Crippen LogP contribution in [0.15, 0.2) is 30.3 Å². The summed E-state index contributed by atoms with van der Waals surface area (Å²) in [5.41, 5.74) is 1.51. The number of hydrogen-bond acceptors (Lipinski definition) is 4. The summed E-state index contributed by atoms with van der Waals surface area (Å²) >= 11 is 0. The van der Waals surface area contributed by atoms with Gasteiger partial charge in [-0.15, -0.1) is 0 Å². The van der Waals surface area contributed by atoms with Crippen molar-refractivity contribution in [2.24, 2.45) is 5.92 Å². The van der Waals surface area contributed by atoms with E-state index >= 15 is 0 Å². The number of pyridine rings is 1. The van der Waals surface area contributed by atoms with E-state index in [0.29, 0.717) is 11.5 Å². The fraction of sp³-hybridized carbons (Fsp3) is 0.375. The summed E-state index contributed by atoms with van der Waals surface area (Å²) in [6, 6.07) is 11.8. The summed E-state index contributed by atoms with van der Waals surface area (Å²) in [6.45, 7) is 0.868. The lowest BCUT2D eigenvalue weighted by molar-refractivity contribution is 0.0464. The van der Waals surface area contributed by atoms with Crippen molar-refractivity contribution in [1.82, 2.24) is 4.98 Å². The highest BCUT2D eigenvalue weighted by molar-refractivity contribution is 5.86. The first-order valence-corrected chi connectivity index (χ1v) is 6.86. The van der Waals surface area contributed by atoms with Crippen LogP contribution < -0.4 is 4.90 Å². The molecule has 1 aromatic heterocycles. The zero-order valence-electron chi connectivity index (χ0n) is 11.5. The Morgan fingerprint density at radius 1 is 1.40 bits per heavy atom. The lowest BCUT2D eigenvalue weighted by atomic mass is 9.82. The topological polar surface area (TPSA) is 60.1 Å². The molecule has 1 fully saturated rings. The largest absolute Gasteiger partial charge is 0.393 e. The standard InChI is InChI=1S/C16H17N3O/c1-19(10-11-6-13(20)7-11)16-8-12(9-17)14-4-2-3-5-15(14)18-16/h2-5,8,11,13,20H,6-7,10H2,1H3. The number of fused-ring (bicyclic) bond motifs is 1. The van der Waals surface area contributed by atoms with Crippen molar-refractivity contribution in [1.29, 1.82) is 5.26 Å². The van der Waals surface area contributed by atoms with Crippen molar-refractivity contribution in [3.8, 4) is 6.07 Å². The Morgan fingerprint density at radius 3 is 2.85 bits per heavy atom. The molecule has 3 rings (SSSR count). The van der Waals surface area contributed by atoms with E-state index in [2.05, 4.69) is 16.0 Å². The number of nitrogens with zero attached hydrogens (tertiary/aromatic N) is 3. The van der Waals surface area contributed by atoms with E-state index in [1.165, 1.54) is 0 Å². The van der Waals surface area contributed by atoms with Gasteiger partial charge < -0.3 is 10.0 Å². The molecule has 0 saturated heterocycles. The van der Waals surface area contributed by atoms with Gasteiger partial charge in [0, 0.05) is 19.0 Å². The van der Waals surface area contributed by atoms with E-state index < -0.39 is 0 Å². The van der Waals surface area contributed by atoms with Crippen LogP contribution in [-0.4, -0.2) is 29.8 Å². The molecule has 2 aromatic rings. The van der Waals surface area contributed by atoms with Gasteiger partial charge in [-0.05, 0) is 30.9 Å². The number of benzene rings is 1. The van der Waals surface area contributed by atoms with Crippen LogP contribution in [-0.2, 0) is 0 Å². The second-order valence-corrected chi connectivity index (χ2v) is 5.53. The first kappa shape index (κ1) is 12.9. The van der Waals surface area contributed by atoms with Crippen LogP contribution in [0.1, 0.15) is 18.4 Å². The van der Waals surface area contributed by atoms with Crippen molar-refractivity contribution in [3.63, 3.8) is 0 Å². The van der Waals surface area contributed by atoms with E-state index in [1.54, 1.807) is 0 Å². The number of hydrogen-bond donors (Lipinski definition) is 1. The van der Waals surface area contributed by atoms with Gasteiger partial charge in [0.2, 0.25) is 0 Å². The molecule has 1 heterocycles. The van der Waals surface area contributed by atoms with Crippen LogP contribution in [0, 0.1) is 17.2 Å². The van der Waals surface area contributed by atoms with Crippen LogP contribution in [0.2, 0.25) is 0 Å². The molecule has 0 amide bonds. The molecule has 4 heteroatoms. The molecule has 1 aliphatic carbocycles. The molecule has 4 nitrogen and oxygen atoms in total. The number of aromatic nitrogens is 1. The van der Waals surface area contributed by atoms with E-state index in [-0.39, 0.29) is 6.10 Å². The molecule has 0 aliphatic heterocycles. The third-order valence-electron chi connectivity index (χ3n) is 3.96. The lowest BCUT2D eigenvalue weighted by Gasteiger charge is -2.34. The Morgan fingerprint density at radius 2 is 2.15 bits per heavy atom. The average Bonchev–Trinajstić information content (AvgIpc) is 2.44. The minimum absolute atomic E-state index is 0.132. The molecule has 1 aromatic carbocycles. The van der Waals surface area contributed by atoms with Crippen LogP contribution in [0.25, 0.3) is 10.9 Å². The molecule has 0 atom stereocenters. The molecule has 102 valence electrons. The second kappa shape index (κ2) is 5.10. The van der Waals surface area contributed by atoms with E-state index in [4.69, 9.17) is 0 Å². The molecule has 0 unspecified atom stereocenters. The summed E-state index contributed by atoms with van der Waals surface area (Å²) in [7, 11) is 1.99. The van der Waals surface area contributed by atoms with E-state index in [1.807, 2.05) is 37.4 Å². The Kier molecular flexibility index (Phi) is 3.29. The first-order chi connectivity index (χ1) is 9.67. The van der Waals surface area contributed by atoms with Crippen molar-refractivity contribution >= 4 is 16.7 Å². The van der Waals surface area contributed by atoms with Crippen molar-refractivity contribution in [2.75, 3.05) is 18.5 Å². The summed E-state index contributed by atoms with van der Waals surface area (Å²) in [6.07, 6.45) is 1.60. The van der Waals surface area contributed by atoms with Crippen LogP contribution in [0.3, 0.4) is 0 Å². The zero-order valence-corrected chi connectivity index (χ0v) is 11.5. The first-order valence-electron chi connectivity index (χ1n) is 6.86. The normalized spacial score (nSPS) is 21.2. The van der Waals surface area contributed by atoms with Gasteiger partial charge in [0.05, 0.1) is 23.3 Å². The zero-order chi connectivity index (χ0) is 14.1. The van der Waals surface area contributed by atoms with Gasteiger partial charge in [0.1, 0.15) is 5.82 Å². The molecular formula is C16H17N3O. The maximum Gasteiger partial charge on any atom is 0.130 e. The maximum atomic E-state index is 9.35. The molecule has 1 aliphatic rings. The van der Waals surface area contributed by atoms with Gasteiger partial charge in [-0.25, -0.2) is 4.98 Å². The number of nitriles is 1. The highest BCUT2D eigenvalue weighted by Gasteiger charge is 2.28. The monoisotopic (exact) mass is 267 g/mol. The molecule has 1 N–H and O–H groups in total. The minimum atomic E-state index is -0.132. The summed E-state index contributed by atoms with van der Waals surface area (Å²) in [5.74, 6) is 1.34. The maximum absolute atomic E-state index is 9.35. The number of rotatable bonds is 3. The van der Waals surface area contributed by atoms with Crippen molar-refractivity contribution < 1.29 is 5.11 Å². The van der Waals surface area contributed by atoms with Gasteiger partial charge in [0.15, 0.2) is 0 Å². The van der Waals surface area contributed by atoms with Gasteiger partial charge in [-0.3, -0.25) is 0 Å². The van der Waals surface area contributed by atoms with Crippen molar-refractivity contribution in [3.05, 3.63) is 35.9 Å². The van der Waals surface area contributed by atoms with Crippen molar-refractivity contribution in [2.45, 2.75) is 18.9 Å². The lowest BCUT2D eigenvalue weighted by Crippen LogP contribution is -2.37. The van der Waals surface area contributed by atoms with Gasteiger partial charge in [0.25, 0.3) is 0 Å². The number of para-hydroxylation sites is 1. The third-order valence-corrected chi connectivity index (χ3v) is 3.96. The Hall–Kier alpha value is -2.12. The van der Waals surface area contributed by atoms with E-state index in [0.717, 1.165) is 36.1 Å². The van der Waals surface area contributed by atoms with E-state index in [9.17, 15) is 10.4 Å². The third kappa shape index (κ3) is 2.33. The fourth-order valence-electron chi connectivity index (χ4n) is 2.78. The number of aliphatic hydroxyl groups excluding tert-OH is 1. The minimum Gasteiger partial charge on any atom is -0.393 e. The van der Waals surface area contributed by atoms with Crippen LogP contribution in [0.4, 0.5) is 5.82 Å². The number of aliphatic hydroxyl groups is 1. The molecule has 0 spiro atoms. The average molecular weight is 267 g/mol. The molecular weight excluding hydrogens is 250 g/mol. The summed E-state index contributed by atoms with van der Waals surface area (Å²) in [4.78, 5) is 6.70. The molecule has 0 radical (unpaired) electrons. The number of anilines is 1. The Balaban J connectivity index is 1.89. The molecule has 0 bridgehead atoms. The predicted molar refractivity (Wildman–Crippen MR) is 78.5 cm³/mol. The Labute approximate surface area is 118 Å². The van der Waals surface area contributed by atoms with Crippen LogP contribution >= 0.6 is 0 Å². The van der Waals surface area contributed by atoms with Gasteiger partial charge in [-0.1, -0.05) is 18.2 Å². The molecule has 1 saturated carbocycles. The van der Waals surface area contributed by atoms with Gasteiger partial charge >= 0.3 is 0 Å². The smallest absolute Gasteiger partial charge is 0.130 e. The second-order valence-electron chi connectivity index (χ2n) is 5.53.